The topological polar surface area (TPSA) is 90.4 Å². The summed E-state index contributed by atoms with van der Waals surface area (Å²) in [7, 11) is 1.85. The number of hydrogen-bond donors (Lipinski definition) is 3. The molecule has 1 heterocycles. The number of amides is 1. The Balaban J connectivity index is 1.50. The number of anilines is 2. The van der Waals surface area contributed by atoms with Gasteiger partial charge in [0.1, 0.15) is 5.82 Å². The van der Waals surface area contributed by atoms with Crippen molar-refractivity contribution >= 4 is 17.7 Å². The molecule has 3 rings (SSSR count). The number of halogens is 2. The molecule has 1 aliphatic carbocycles. The molecule has 29 heavy (non-hydrogen) atoms. The average Bonchev–Trinajstić information content (AvgIpc) is 2.72. The van der Waals surface area contributed by atoms with Gasteiger partial charge < -0.3 is 20.6 Å². The number of hydrogen-bond acceptors (Lipinski definition) is 6. The third-order valence-corrected chi connectivity index (χ3v) is 5.04. The van der Waals surface area contributed by atoms with Gasteiger partial charge >= 0.3 is 0 Å². The van der Waals surface area contributed by atoms with Gasteiger partial charge in [0.15, 0.2) is 11.6 Å². The lowest BCUT2D eigenvalue weighted by Gasteiger charge is -2.30. The number of carbonyl (C=O) groups is 1. The number of likely N-dealkylation sites (N-methyl/N-ethyl adjacent to an activating group) is 1. The van der Waals surface area contributed by atoms with Crippen molar-refractivity contribution in [2.45, 2.75) is 37.8 Å². The molecule has 1 aromatic heterocycles. The van der Waals surface area contributed by atoms with Gasteiger partial charge in [-0.25, -0.2) is 13.8 Å². The number of carbonyl (C=O) groups excluding carboxylic acids is 1. The van der Waals surface area contributed by atoms with E-state index in [2.05, 4.69) is 20.6 Å². The van der Waals surface area contributed by atoms with E-state index >= 15 is 0 Å². The molecule has 0 bridgehead atoms. The summed E-state index contributed by atoms with van der Waals surface area (Å²) in [6.07, 6.45) is 4.84. The van der Waals surface area contributed by atoms with Crippen LogP contribution in [0.3, 0.4) is 0 Å². The van der Waals surface area contributed by atoms with Crippen LogP contribution in [0, 0.1) is 11.6 Å². The molecule has 1 saturated carbocycles. The van der Waals surface area contributed by atoms with Gasteiger partial charge in [0.05, 0.1) is 6.61 Å². The molecule has 0 atom stereocenters. The summed E-state index contributed by atoms with van der Waals surface area (Å²) in [5, 5.41) is 15.3. The number of aliphatic hydroxyl groups is 1. The van der Waals surface area contributed by atoms with E-state index < -0.39 is 17.5 Å². The van der Waals surface area contributed by atoms with Gasteiger partial charge in [-0.15, -0.1) is 0 Å². The molecule has 3 N–H and O–H groups in total. The maximum Gasteiger partial charge on any atom is 0.251 e. The van der Waals surface area contributed by atoms with Crippen molar-refractivity contribution in [2.24, 2.45) is 0 Å². The third-order valence-electron chi connectivity index (χ3n) is 5.04. The molecule has 0 radical (unpaired) electrons. The molecule has 1 aliphatic rings. The summed E-state index contributed by atoms with van der Waals surface area (Å²) in [5.41, 5.74) is 0.112. The predicted octanol–water partition coefficient (Wildman–Crippen LogP) is 2.34. The minimum atomic E-state index is -1.03. The molecule has 0 spiro atoms. The lowest BCUT2D eigenvalue weighted by molar-refractivity contribution is 0.0926. The first-order chi connectivity index (χ1) is 14.0. The van der Waals surface area contributed by atoms with Crippen LogP contribution in [0.15, 0.2) is 30.5 Å². The molecule has 1 aromatic carbocycles. The Morgan fingerprint density at radius 1 is 1.17 bits per heavy atom. The minimum absolute atomic E-state index is 0.0170. The van der Waals surface area contributed by atoms with Crippen LogP contribution in [0.1, 0.15) is 36.0 Å². The summed E-state index contributed by atoms with van der Waals surface area (Å²) >= 11 is 0. The fraction of sp³-hybridized carbons (Fsp3) is 0.450. The first kappa shape index (κ1) is 20.9. The fourth-order valence-corrected chi connectivity index (χ4v) is 3.37. The molecule has 2 aromatic rings. The van der Waals surface area contributed by atoms with Crippen molar-refractivity contribution in [3.05, 3.63) is 47.7 Å². The third kappa shape index (κ3) is 5.60. The number of aliphatic hydroxyl groups excluding tert-OH is 1. The van der Waals surface area contributed by atoms with Gasteiger partial charge in [-0.2, -0.15) is 4.98 Å². The number of benzene rings is 1. The zero-order valence-electron chi connectivity index (χ0n) is 16.2. The van der Waals surface area contributed by atoms with Crippen molar-refractivity contribution in [1.29, 1.82) is 0 Å². The standard InChI is InChI=1S/C20H25F2N5O2/c1-27(10-11-28)18-8-9-23-20(26-18)25-15-5-3-14(4-6-15)24-19(29)13-2-7-16(21)17(22)12-13/h2,7-9,12,14-15,28H,3-6,10-11H2,1H3,(H,24,29)(H,23,25,26). The largest absolute Gasteiger partial charge is 0.395 e. The SMILES string of the molecule is CN(CCO)c1ccnc(NC2CCC(NC(=O)c3ccc(F)c(F)c3)CC2)n1. The van der Waals surface area contributed by atoms with E-state index in [1.54, 1.807) is 12.3 Å². The summed E-state index contributed by atoms with van der Waals surface area (Å²) in [5.74, 6) is -1.15. The first-order valence-corrected chi connectivity index (χ1v) is 9.63. The van der Waals surface area contributed by atoms with E-state index in [1.165, 1.54) is 6.07 Å². The van der Waals surface area contributed by atoms with Gasteiger partial charge in [-0.05, 0) is 49.9 Å². The van der Waals surface area contributed by atoms with Crippen LogP contribution in [-0.2, 0) is 0 Å². The lowest BCUT2D eigenvalue weighted by atomic mass is 9.91. The average molecular weight is 405 g/mol. The second kappa shape index (κ2) is 9.60. The Kier molecular flexibility index (Phi) is 6.92. The number of rotatable bonds is 7. The molecule has 0 unspecified atom stereocenters. The van der Waals surface area contributed by atoms with Gasteiger partial charge in [0, 0.05) is 37.4 Å². The Labute approximate surface area is 168 Å². The zero-order chi connectivity index (χ0) is 20.8. The molecular weight excluding hydrogens is 380 g/mol. The summed E-state index contributed by atoms with van der Waals surface area (Å²) in [4.78, 5) is 22.8. The van der Waals surface area contributed by atoms with Crippen LogP contribution >= 0.6 is 0 Å². The van der Waals surface area contributed by atoms with Crippen molar-refractivity contribution < 1.29 is 18.7 Å². The van der Waals surface area contributed by atoms with Crippen LogP contribution in [0.5, 0.6) is 0 Å². The monoisotopic (exact) mass is 405 g/mol. The zero-order valence-corrected chi connectivity index (χ0v) is 16.2. The van der Waals surface area contributed by atoms with Crippen LogP contribution in [0.4, 0.5) is 20.5 Å². The van der Waals surface area contributed by atoms with Crippen LogP contribution in [-0.4, -0.2) is 53.3 Å². The molecule has 9 heteroatoms. The maximum absolute atomic E-state index is 13.3. The van der Waals surface area contributed by atoms with Gasteiger partial charge in [-0.1, -0.05) is 0 Å². The summed E-state index contributed by atoms with van der Waals surface area (Å²) < 4.78 is 26.3. The first-order valence-electron chi connectivity index (χ1n) is 9.63. The number of nitrogens with zero attached hydrogens (tertiary/aromatic N) is 3. The second-order valence-electron chi connectivity index (χ2n) is 7.18. The van der Waals surface area contributed by atoms with Gasteiger partial charge in [-0.3, -0.25) is 4.79 Å². The van der Waals surface area contributed by atoms with E-state index in [4.69, 9.17) is 5.11 Å². The molecule has 0 aliphatic heterocycles. The molecule has 1 amide bonds. The molecule has 156 valence electrons. The van der Waals surface area contributed by atoms with E-state index in [1.807, 2.05) is 11.9 Å². The van der Waals surface area contributed by atoms with Crippen LogP contribution in [0.25, 0.3) is 0 Å². The van der Waals surface area contributed by atoms with Gasteiger partial charge in [0.25, 0.3) is 5.91 Å². The number of nitrogens with one attached hydrogen (secondary N) is 2. The normalized spacial score (nSPS) is 18.9. The molecular formula is C20H25F2N5O2. The highest BCUT2D eigenvalue weighted by molar-refractivity contribution is 5.94. The number of aromatic nitrogens is 2. The highest BCUT2D eigenvalue weighted by atomic mass is 19.2. The van der Waals surface area contributed by atoms with Crippen LogP contribution in [0.2, 0.25) is 0 Å². The molecule has 0 saturated heterocycles. The Morgan fingerprint density at radius 2 is 1.90 bits per heavy atom. The van der Waals surface area contributed by atoms with Crippen molar-refractivity contribution in [3.63, 3.8) is 0 Å². The van der Waals surface area contributed by atoms with Crippen molar-refractivity contribution in [2.75, 3.05) is 30.4 Å². The van der Waals surface area contributed by atoms with Crippen molar-refractivity contribution in [1.82, 2.24) is 15.3 Å². The lowest BCUT2D eigenvalue weighted by Crippen LogP contribution is -2.40. The fourth-order valence-electron chi connectivity index (χ4n) is 3.37. The van der Waals surface area contributed by atoms with Crippen LogP contribution < -0.4 is 15.5 Å². The minimum Gasteiger partial charge on any atom is -0.395 e. The Morgan fingerprint density at radius 3 is 2.59 bits per heavy atom. The highest BCUT2D eigenvalue weighted by Crippen LogP contribution is 2.22. The smallest absolute Gasteiger partial charge is 0.251 e. The second-order valence-corrected chi connectivity index (χ2v) is 7.18. The quantitative estimate of drug-likeness (QED) is 0.655. The Hall–Kier alpha value is -2.81. The van der Waals surface area contributed by atoms with E-state index in [9.17, 15) is 13.6 Å². The van der Waals surface area contributed by atoms with Crippen molar-refractivity contribution in [3.8, 4) is 0 Å². The van der Waals surface area contributed by atoms with Gasteiger partial charge in [0.2, 0.25) is 5.95 Å². The highest BCUT2D eigenvalue weighted by Gasteiger charge is 2.23. The predicted molar refractivity (Wildman–Crippen MR) is 106 cm³/mol. The Bertz CT molecular complexity index is 843. The maximum atomic E-state index is 13.3. The van der Waals surface area contributed by atoms with E-state index in [-0.39, 0.29) is 24.3 Å². The molecule has 1 fully saturated rings. The summed E-state index contributed by atoms with van der Waals surface area (Å²) in [6.45, 7) is 0.531. The summed E-state index contributed by atoms with van der Waals surface area (Å²) in [6, 6.07) is 5.10. The van der Waals surface area contributed by atoms with E-state index in [0.29, 0.717) is 12.5 Å². The van der Waals surface area contributed by atoms with E-state index in [0.717, 1.165) is 43.6 Å². The molecule has 7 nitrogen and oxygen atoms in total.